The molecule has 1 aromatic heterocycles. The van der Waals surface area contributed by atoms with E-state index >= 15 is 0 Å². The molecule has 1 unspecified atom stereocenters. The lowest BCUT2D eigenvalue weighted by atomic mass is 10.0. The summed E-state index contributed by atoms with van der Waals surface area (Å²) in [5, 5.41) is 4.01. The number of rotatable bonds is 6. The topological polar surface area (TPSA) is 45.4 Å². The molecule has 0 N–H and O–H groups in total. The van der Waals surface area contributed by atoms with Crippen LogP contribution < -0.4 is 0 Å². The second kappa shape index (κ2) is 8.22. The summed E-state index contributed by atoms with van der Waals surface area (Å²) in [5.41, 5.74) is 1.25. The van der Waals surface area contributed by atoms with Crippen molar-refractivity contribution >= 4 is 6.08 Å². The summed E-state index contributed by atoms with van der Waals surface area (Å²) >= 11 is 0. The van der Waals surface area contributed by atoms with Gasteiger partial charge in [-0.05, 0) is 32.0 Å². The van der Waals surface area contributed by atoms with Gasteiger partial charge in [0.05, 0.1) is 6.54 Å². The Balaban J connectivity index is 1.49. The quantitative estimate of drug-likeness (QED) is 0.816. The van der Waals surface area contributed by atoms with Crippen molar-refractivity contribution in [2.45, 2.75) is 32.4 Å². The van der Waals surface area contributed by atoms with Gasteiger partial charge in [0, 0.05) is 26.1 Å². The van der Waals surface area contributed by atoms with E-state index in [9.17, 15) is 0 Å². The first-order valence-electron chi connectivity index (χ1n) is 8.64. The van der Waals surface area contributed by atoms with E-state index in [0.29, 0.717) is 11.9 Å². The molecule has 2 heterocycles. The normalized spacial score (nSPS) is 19.4. The second-order valence-corrected chi connectivity index (χ2v) is 6.51. The number of piperidine rings is 1. The van der Waals surface area contributed by atoms with E-state index in [0.717, 1.165) is 32.0 Å². The minimum absolute atomic E-state index is 0.576. The third-order valence-electron chi connectivity index (χ3n) is 4.54. The Hall–Kier alpha value is -1.98. The molecule has 1 aromatic carbocycles. The van der Waals surface area contributed by atoms with Gasteiger partial charge < -0.3 is 4.52 Å². The molecule has 0 amide bonds. The lowest BCUT2D eigenvalue weighted by Crippen LogP contribution is -2.46. The van der Waals surface area contributed by atoms with E-state index in [1.54, 1.807) is 0 Å². The van der Waals surface area contributed by atoms with Crippen LogP contribution in [0.5, 0.6) is 0 Å². The monoisotopic (exact) mass is 326 g/mol. The average molecular weight is 326 g/mol. The molecule has 128 valence electrons. The highest BCUT2D eigenvalue weighted by Crippen LogP contribution is 2.16. The van der Waals surface area contributed by atoms with Gasteiger partial charge in [0.25, 0.3) is 0 Å². The van der Waals surface area contributed by atoms with E-state index in [-0.39, 0.29) is 0 Å². The molecule has 1 fully saturated rings. The highest BCUT2D eigenvalue weighted by atomic mass is 16.5. The molecule has 5 nitrogen and oxygen atoms in total. The molecule has 1 aliphatic rings. The second-order valence-electron chi connectivity index (χ2n) is 6.51. The maximum absolute atomic E-state index is 5.07. The number of nitrogens with zero attached hydrogens (tertiary/aromatic N) is 4. The zero-order valence-corrected chi connectivity index (χ0v) is 14.6. The van der Waals surface area contributed by atoms with Crippen molar-refractivity contribution in [2.24, 2.45) is 0 Å². The molecule has 1 atom stereocenters. The van der Waals surface area contributed by atoms with Crippen LogP contribution in [0, 0.1) is 6.92 Å². The Morgan fingerprint density at radius 3 is 2.92 bits per heavy atom. The van der Waals surface area contributed by atoms with Crippen LogP contribution in [-0.4, -0.2) is 52.7 Å². The highest BCUT2D eigenvalue weighted by molar-refractivity contribution is 5.48. The smallest absolute Gasteiger partial charge is 0.223 e. The Morgan fingerprint density at radius 2 is 2.17 bits per heavy atom. The minimum atomic E-state index is 0.576. The van der Waals surface area contributed by atoms with E-state index in [1.165, 1.54) is 18.4 Å². The molecule has 1 aliphatic heterocycles. The van der Waals surface area contributed by atoms with Gasteiger partial charge in [-0.15, -0.1) is 0 Å². The van der Waals surface area contributed by atoms with E-state index in [1.807, 2.05) is 13.0 Å². The molecular formula is C19H26N4O. The van der Waals surface area contributed by atoms with Crippen LogP contribution in [0.1, 0.15) is 30.1 Å². The first-order valence-corrected chi connectivity index (χ1v) is 8.64. The van der Waals surface area contributed by atoms with Crippen molar-refractivity contribution in [2.75, 3.05) is 26.7 Å². The number of likely N-dealkylation sites (N-methyl/N-ethyl adjacent to an activating group) is 1. The van der Waals surface area contributed by atoms with Crippen molar-refractivity contribution in [3.05, 3.63) is 53.7 Å². The van der Waals surface area contributed by atoms with E-state index < -0.39 is 0 Å². The molecular weight excluding hydrogens is 300 g/mol. The minimum Gasteiger partial charge on any atom is -0.340 e. The Kier molecular flexibility index (Phi) is 5.77. The predicted octanol–water partition coefficient (Wildman–Crippen LogP) is 2.99. The van der Waals surface area contributed by atoms with Gasteiger partial charge in [-0.3, -0.25) is 9.80 Å². The number of benzene rings is 1. The fourth-order valence-corrected chi connectivity index (χ4v) is 3.21. The molecule has 2 aromatic rings. The molecule has 0 bridgehead atoms. The molecule has 1 saturated heterocycles. The van der Waals surface area contributed by atoms with Gasteiger partial charge in [0.2, 0.25) is 5.89 Å². The number of aryl methyl sites for hydroxylation is 1. The Labute approximate surface area is 144 Å². The van der Waals surface area contributed by atoms with Crippen molar-refractivity contribution in [1.82, 2.24) is 19.9 Å². The zero-order valence-electron chi connectivity index (χ0n) is 14.6. The SMILES string of the molecule is Cc1nc(CN2CCCC(N(C)CC=Cc3ccccc3)C2)no1. The number of likely N-dealkylation sites (tertiary alicyclic amines) is 1. The van der Waals surface area contributed by atoms with Gasteiger partial charge in [0.15, 0.2) is 5.82 Å². The lowest BCUT2D eigenvalue weighted by molar-refractivity contribution is 0.116. The van der Waals surface area contributed by atoms with Crippen LogP contribution in [0.2, 0.25) is 0 Å². The standard InChI is InChI=1S/C19H26N4O/c1-16-20-19(21-24-16)15-23-13-7-11-18(14-23)22(2)12-6-10-17-8-4-3-5-9-17/h3-6,8-10,18H,7,11-15H2,1-2H3. The summed E-state index contributed by atoms with van der Waals surface area (Å²) in [6, 6.07) is 11.0. The summed E-state index contributed by atoms with van der Waals surface area (Å²) in [6.07, 6.45) is 6.90. The maximum Gasteiger partial charge on any atom is 0.223 e. The van der Waals surface area contributed by atoms with Crippen LogP contribution >= 0.6 is 0 Å². The predicted molar refractivity (Wildman–Crippen MR) is 95.4 cm³/mol. The van der Waals surface area contributed by atoms with Gasteiger partial charge in [-0.25, -0.2) is 0 Å². The maximum atomic E-state index is 5.07. The van der Waals surface area contributed by atoms with Gasteiger partial charge in [-0.2, -0.15) is 4.98 Å². The van der Waals surface area contributed by atoms with E-state index in [4.69, 9.17) is 4.52 Å². The fraction of sp³-hybridized carbons (Fsp3) is 0.474. The summed E-state index contributed by atoms with van der Waals surface area (Å²) in [4.78, 5) is 9.18. The van der Waals surface area contributed by atoms with Gasteiger partial charge in [0.1, 0.15) is 0 Å². The van der Waals surface area contributed by atoms with Crippen LogP contribution in [0.15, 0.2) is 40.9 Å². The number of hydrogen-bond donors (Lipinski definition) is 0. The molecule has 3 rings (SSSR count). The summed E-state index contributed by atoms with van der Waals surface area (Å²) < 4.78 is 5.07. The fourth-order valence-electron chi connectivity index (χ4n) is 3.21. The van der Waals surface area contributed by atoms with Gasteiger partial charge >= 0.3 is 0 Å². The average Bonchev–Trinajstić information content (AvgIpc) is 3.01. The Bertz CT molecular complexity index is 652. The third kappa shape index (κ3) is 4.76. The summed E-state index contributed by atoms with van der Waals surface area (Å²) in [7, 11) is 2.21. The van der Waals surface area contributed by atoms with Gasteiger partial charge in [-0.1, -0.05) is 47.6 Å². The molecule has 5 heteroatoms. The largest absolute Gasteiger partial charge is 0.340 e. The first kappa shape index (κ1) is 16.9. The van der Waals surface area contributed by atoms with Crippen molar-refractivity contribution in [3.63, 3.8) is 0 Å². The van der Waals surface area contributed by atoms with Crippen LogP contribution in [0.3, 0.4) is 0 Å². The van der Waals surface area contributed by atoms with Crippen LogP contribution in [-0.2, 0) is 6.54 Å². The molecule has 0 aliphatic carbocycles. The van der Waals surface area contributed by atoms with Crippen molar-refractivity contribution in [3.8, 4) is 0 Å². The third-order valence-corrected chi connectivity index (χ3v) is 4.54. The summed E-state index contributed by atoms with van der Waals surface area (Å²) in [6.45, 7) is 5.75. The van der Waals surface area contributed by atoms with Crippen molar-refractivity contribution < 1.29 is 4.52 Å². The summed E-state index contributed by atoms with van der Waals surface area (Å²) in [5.74, 6) is 1.43. The number of aromatic nitrogens is 2. The molecule has 24 heavy (non-hydrogen) atoms. The van der Waals surface area contributed by atoms with E-state index in [2.05, 4.69) is 63.4 Å². The first-order chi connectivity index (χ1) is 11.7. The molecule has 0 saturated carbocycles. The van der Waals surface area contributed by atoms with Crippen LogP contribution in [0.4, 0.5) is 0 Å². The lowest BCUT2D eigenvalue weighted by Gasteiger charge is -2.36. The molecule has 0 spiro atoms. The number of hydrogen-bond acceptors (Lipinski definition) is 5. The van der Waals surface area contributed by atoms with Crippen LogP contribution in [0.25, 0.3) is 6.08 Å². The molecule has 0 radical (unpaired) electrons. The zero-order chi connectivity index (χ0) is 16.8. The Morgan fingerprint density at radius 1 is 1.33 bits per heavy atom. The van der Waals surface area contributed by atoms with Crippen molar-refractivity contribution in [1.29, 1.82) is 0 Å². The highest BCUT2D eigenvalue weighted by Gasteiger charge is 2.23.